The standard InChI is InChI=1S/C27H26F3N5O6S/c1-16(2)35-25(37)17(15-33(26(35)38)19-6-8-23(32-14-19)27(28,29)30)5-7-21(36)20-4-3-11-34(20)42(39,40)24-12-18-13-31-10-9-22(18)41-24/h6,8-10,12-16,20H,3-5,7,11H2,1-2H3/t20-/m0/s1. The van der Waals surface area contributed by atoms with Crippen LogP contribution in [0, 0.1) is 0 Å². The molecule has 0 N–H and O–H groups in total. The molecule has 0 radical (unpaired) electrons. The molecular weight excluding hydrogens is 579 g/mol. The minimum absolute atomic E-state index is 0.00377. The van der Waals surface area contributed by atoms with Crippen molar-refractivity contribution in [2.75, 3.05) is 6.54 Å². The molecule has 0 saturated carbocycles. The van der Waals surface area contributed by atoms with Crippen molar-refractivity contribution >= 4 is 26.8 Å². The Morgan fingerprint density at radius 2 is 1.93 bits per heavy atom. The second-order valence-corrected chi connectivity index (χ2v) is 12.0. The molecule has 1 fully saturated rings. The number of Topliss-reactive ketones (excluding diaryl/α,β-unsaturated/α-hetero) is 1. The summed E-state index contributed by atoms with van der Waals surface area (Å²) in [6, 6.07) is 3.11. The Bertz CT molecular complexity index is 1840. The second kappa shape index (κ2) is 10.9. The van der Waals surface area contributed by atoms with Crippen LogP contribution in [-0.4, -0.2) is 50.2 Å². The van der Waals surface area contributed by atoms with Gasteiger partial charge in [0.2, 0.25) is 5.09 Å². The number of carbonyl (C=O) groups is 1. The monoisotopic (exact) mass is 605 g/mol. The third kappa shape index (κ3) is 5.41. The minimum atomic E-state index is -4.67. The first-order chi connectivity index (χ1) is 19.8. The van der Waals surface area contributed by atoms with Gasteiger partial charge in [-0.3, -0.25) is 23.7 Å². The van der Waals surface area contributed by atoms with Gasteiger partial charge in [-0.15, -0.1) is 0 Å². The summed E-state index contributed by atoms with van der Waals surface area (Å²) in [6.07, 6.45) is 0.724. The van der Waals surface area contributed by atoms with Gasteiger partial charge in [0.1, 0.15) is 11.3 Å². The minimum Gasteiger partial charge on any atom is -0.443 e. The van der Waals surface area contributed by atoms with Gasteiger partial charge in [-0.25, -0.2) is 18.2 Å². The fourth-order valence-corrected chi connectivity index (χ4v) is 6.64. The SMILES string of the molecule is CC(C)n1c(=O)c(CCC(=O)[C@@H]2CCCN2S(=O)(=O)c2cc3cnccc3o2)cn(-c2ccc(C(F)(F)F)nc2)c1=O. The number of sulfonamides is 1. The normalized spacial score (nSPS) is 16.5. The molecule has 1 atom stereocenters. The average molecular weight is 606 g/mol. The van der Waals surface area contributed by atoms with Gasteiger partial charge in [-0.05, 0) is 51.3 Å². The number of fused-ring (bicyclic) bond motifs is 1. The molecule has 1 saturated heterocycles. The van der Waals surface area contributed by atoms with Gasteiger partial charge in [-0.1, -0.05) is 0 Å². The highest BCUT2D eigenvalue weighted by Crippen LogP contribution is 2.31. The van der Waals surface area contributed by atoms with Gasteiger partial charge >= 0.3 is 11.9 Å². The molecule has 1 aliphatic heterocycles. The summed E-state index contributed by atoms with van der Waals surface area (Å²) in [5, 5.41) is 0.195. The average Bonchev–Trinajstić information content (AvgIpc) is 3.61. The third-order valence-corrected chi connectivity index (χ3v) is 8.86. The van der Waals surface area contributed by atoms with Crippen LogP contribution in [0.4, 0.5) is 13.2 Å². The number of halogens is 3. The smallest absolute Gasteiger partial charge is 0.433 e. The highest BCUT2D eigenvalue weighted by molar-refractivity contribution is 7.89. The zero-order chi connectivity index (χ0) is 30.4. The van der Waals surface area contributed by atoms with Gasteiger partial charge in [0.25, 0.3) is 15.6 Å². The summed E-state index contributed by atoms with van der Waals surface area (Å²) in [6.45, 7) is 3.31. The number of ketones is 1. The molecule has 0 spiro atoms. The van der Waals surface area contributed by atoms with Crippen molar-refractivity contribution in [3.63, 3.8) is 0 Å². The van der Waals surface area contributed by atoms with E-state index in [0.717, 1.165) is 31.8 Å². The molecule has 0 unspecified atom stereocenters. The van der Waals surface area contributed by atoms with Gasteiger partial charge in [0.05, 0.1) is 17.9 Å². The number of hydrogen-bond donors (Lipinski definition) is 0. The molecule has 5 rings (SSSR count). The number of aromatic nitrogens is 4. The summed E-state index contributed by atoms with van der Waals surface area (Å²) in [5.41, 5.74) is -2.16. The first-order valence-electron chi connectivity index (χ1n) is 13.1. The van der Waals surface area contributed by atoms with E-state index in [-0.39, 0.29) is 42.2 Å². The van der Waals surface area contributed by atoms with E-state index in [1.807, 2.05) is 0 Å². The summed E-state index contributed by atoms with van der Waals surface area (Å²) in [4.78, 5) is 46.9. The summed E-state index contributed by atoms with van der Waals surface area (Å²) >= 11 is 0. The Hall–Kier alpha value is -4.11. The number of aryl methyl sites for hydroxylation is 1. The molecule has 1 aliphatic rings. The molecule has 0 aromatic carbocycles. The van der Waals surface area contributed by atoms with Crippen LogP contribution in [0.5, 0.6) is 0 Å². The quantitative estimate of drug-likeness (QED) is 0.298. The lowest BCUT2D eigenvalue weighted by Crippen LogP contribution is -2.42. The van der Waals surface area contributed by atoms with E-state index in [9.17, 15) is 36.0 Å². The van der Waals surface area contributed by atoms with Crippen molar-refractivity contribution in [1.29, 1.82) is 0 Å². The lowest BCUT2D eigenvalue weighted by molar-refractivity contribution is -0.141. The van der Waals surface area contributed by atoms with E-state index in [1.54, 1.807) is 13.8 Å². The van der Waals surface area contributed by atoms with Gasteiger partial charge in [0, 0.05) is 54.6 Å². The fraction of sp³-hybridized carbons (Fsp3) is 0.370. The summed E-state index contributed by atoms with van der Waals surface area (Å²) < 4.78 is 74.3. The number of alkyl halides is 3. The molecular formula is C27H26F3N5O6S. The van der Waals surface area contributed by atoms with Crippen molar-refractivity contribution < 1.29 is 30.8 Å². The topological polar surface area (TPSA) is 137 Å². The maximum atomic E-state index is 13.4. The molecule has 0 aliphatic carbocycles. The molecule has 0 amide bonds. The zero-order valence-electron chi connectivity index (χ0n) is 22.5. The number of furan rings is 1. The maximum Gasteiger partial charge on any atom is 0.433 e. The fourth-order valence-electron chi connectivity index (χ4n) is 5.01. The lowest BCUT2D eigenvalue weighted by atomic mass is 10.0. The van der Waals surface area contributed by atoms with Crippen molar-refractivity contribution in [3.8, 4) is 5.69 Å². The van der Waals surface area contributed by atoms with Crippen LogP contribution in [-0.2, 0) is 27.4 Å². The number of pyridine rings is 2. The molecule has 11 nitrogen and oxygen atoms in total. The van der Waals surface area contributed by atoms with E-state index < -0.39 is 51.0 Å². The van der Waals surface area contributed by atoms with Crippen LogP contribution in [0.3, 0.4) is 0 Å². The van der Waals surface area contributed by atoms with E-state index in [1.165, 1.54) is 30.7 Å². The lowest BCUT2D eigenvalue weighted by Gasteiger charge is -2.22. The van der Waals surface area contributed by atoms with Crippen molar-refractivity contribution in [2.45, 2.75) is 62.9 Å². The Labute approximate surface area is 237 Å². The number of rotatable bonds is 8. The third-order valence-electron chi connectivity index (χ3n) is 7.10. The van der Waals surface area contributed by atoms with E-state index in [0.29, 0.717) is 17.4 Å². The zero-order valence-corrected chi connectivity index (χ0v) is 23.4. The van der Waals surface area contributed by atoms with Gasteiger partial charge < -0.3 is 4.42 Å². The molecule has 5 heterocycles. The van der Waals surface area contributed by atoms with E-state index >= 15 is 0 Å². The summed E-state index contributed by atoms with van der Waals surface area (Å²) in [5.74, 6) is -0.418. The van der Waals surface area contributed by atoms with E-state index in [4.69, 9.17) is 4.42 Å². The molecule has 42 heavy (non-hydrogen) atoms. The number of carbonyl (C=O) groups excluding carboxylic acids is 1. The number of nitrogens with zero attached hydrogens (tertiary/aromatic N) is 5. The highest BCUT2D eigenvalue weighted by Gasteiger charge is 2.40. The Morgan fingerprint density at radius 3 is 2.57 bits per heavy atom. The summed E-state index contributed by atoms with van der Waals surface area (Å²) in [7, 11) is -4.15. The van der Waals surface area contributed by atoms with Gasteiger partial charge in [-0.2, -0.15) is 17.5 Å². The van der Waals surface area contributed by atoms with Crippen LogP contribution in [0.2, 0.25) is 0 Å². The van der Waals surface area contributed by atoms with Crippen LogP contribution >= 0.6 is 0 Å². The highest BCUT2D eigenvalue weighted by atomic mass is 32.2. The second-order valence-electron chi connectivity index (χ2n) is 10.2. The van der Waals surface area contributed by atoms with Crippen LogP contribution in [0.15, 0.2) is 68.2 Å². The molecule has 15 heteroatoms. The molecule has 0 bridgehead atoms. The first kappa shape index (κ1) is 29.4. The number of hydrogen-bond acceptors (Lipinski definition) is 8. The Kier molecular flexibility index (Phi) is 7.66. The van der Waals surface area contributed by atoms with Crippen molar-refractivity contribution in [1.82, 2.24) is 23.4 Å². The largest absolute Gasteiger partial charge is 0.443 e. The maximum absolute atomic E-state index is 13.4. The first-order valence-corrected chi connectivity index (χ1v) is 14.5. The van der Waals surface area contributed by atoms with Crippen molar-refractivity contribution in [2.24, 2.45) is 0 Å². The molecule has 4 aromatic heterocycles. The molecule has 222 valence electrons. The Morgan fingerprint density at radius 1 is 1.17 bits per heavy atom. The van der Waals surface area contributed by atoms with Crippen LogP contribution < -0.4 is 11.2 Å². The van der Waals surface area contributed by atoms with Crippen LogP contribution in [0.25, 0.3) is 16.7 Å². The van der Waals surface area contributed by atoms with Gasteiger partial charge in [0.15, 0.2) is 5.78 Å². The van der Waals surface area contributed by atoms with Crippen LogP contribution in [0.1, 0.15) is 50.4 Å². The van der Waals surface area contributed by atoms with E-state index in [2.05, 4.69) is 9.97 Å². The van der Waals surface area contributed by atoms with Crippen molar-refractivity contribution in [3.05, 3.63) is 81.1 Å². The predicted molar refractivity (Wildman–Crippen MR) is 144 cm³/mol. The Balaban J connectivity index is 1.41. The molecule has 4 aromatic rings. The predicted octanol–water partition coefficient (Wildman–Crippen LogP) is 3.49.